The standard InChI is InChI=1S/C30H22O7/c1-2-25(31)24-18-23(35-28(32)20-12-6-3-7-13-20)19-26(36-29(33)21-14-8-4-9-15-21)27(24)37-30(34)22-16-10-5-11-17-22/h3-19H,2H2,1H3. The van der Waals surface area contributed by atoms with Gasteiger partial charge in [-0.3, -0.25) is 4.79 Å². The average Bonchev–Trinajstić information content (AvgIpc) is 2.95. The molecule has 0 fully saturated rings. The van der Waals surface area contributed by atoms with Crippen LogP contribution >= 0.6 is 0 Å². The van der Waals surface area contributed by atoms with Crippen molar-refractivity contribution in [3.8, 4) is 17.2 Å². The number of hydrogen-bond donors (Lipinski definition) is 0. The third-order valence-electron chi connectivity index (χ3n) is 5.29. The molecule has 37 heavy (non-hydrogen) atoms. The van der Waals surface area contributed by atoms with Gasteiger partial charge in [-0.25, -0.2) is 14.4 Å². The van der Waals surface area contributed by atoms with Crippen molar-refractivity contribution >= 4 is 23.7 Å². The lowest BCUT2D eigenvalue weighted by molar-refractivity contribution is 0.0675. The predicted octanol–water partition coefficient (Wildman–Crippen LogP) is 5.94. The largest absolute Gasteiger partial charge is 0.423 e. The van der Waals surface area contributed by atoms with Crippen LogP contribution in [-0.4, -0.2) is 23.7 Å². The number of carbonyl (C=O) groups is 4. The minimum absolute atomic E-state index is 0.0536. The highest BCUT2D eigenvalue weighted by atomic mass is 16.6. The van der Waals surface area contributed by atoms with Gasteiger partial charge in [0.1, 0.15) is 5.75 Å². The van der Waals surface area contributed by atoms with Crippen molar-refractivity contribution in [2.45, 2.75) is 13.3 Å². The summed E-state index contributed by atoms with van der Waals surface area (Å²) in [6.45, 7) is 1.63. The maximum absolute atomic E-state index is 12.9. The Kier molecular flexibility index (Phi) is 7.85. The Morgan fingerprint density at radius 3 is 1.46 bits per heavy atom. The van der Waals surface area contributed by atoms with E-state index in [1.165, 1.54) is 12.1 Å². The summed E-state index contributed by atoms with van der Waals surface area (Å²) < 4.78 is 16.6. The van der Waals surface area contributed by atoms with Crippen LogP contribution < -0.4 is 14.2 Å². The van der Waals surface area contributed by atoms with E-state index in [0.29, 0.717) is 0 Å². The molecule has 0 heterocycles. The zero-order valence-corrected chi connectivity index (χ0v) is 19.9. The van der Waals surface area contributed by atoms with Crippen molar-refractivity contribution in [1.29, 1.82) is 0 Å². The maximum atomic E-state index is 12.9. The van der Waals surface area contributed by atoms with Gasteiger partial charge < -0.3 is 14.2 Å². The summed E-state index contributed by atoms with van der Waals surface area (Å²) >= 11 is 0. The van der Waals surface area contributed by atoms with Gasteiger partial charge in [-0.1, -0.05) is 61.5 Å². The van der Waals surface area contributed by atoms with Crippen molar-refractivity contribution in [2.24, 2.45) is 0 Å². The molecule has 7 heteroatoms. The first-order chi connectivity index (χ1) is 18.0. The van der Waals surface area contributed by atoms with Crippen LogP contribution in [0.5, 0.6) is 17.2 Å². The average molecular weight is 494 g/mol. The van der Waals surface area contributed by atoms with E-state index in [4.69, 9.17) is 14.2 Å². The van der Waals surface area contributed by atoms with Crippen molar-refractivity contribution in [2.75, 3.05) is 0 Å². The monoisotopic (exact) mass is 494 g/mol. The Labute approximate surface area is 213 Å². The molecule has 0 aliphatic carbocycles. The van der Waals surface area contributed by atoms with Gasteiger partial charge in [-0.15, -0.1) is 0 Å². The third-order valence-corrected chi connectivity index (χ3v) is 5.29. The predicted molar refractivity (Wildman–Crippen MR) is 135 cm³/mol. The van der Waals surface area contributed by atoms with Crippen LogP contribution in [0.15, 0.2) is 103 Å². The summed E-state index contributed by atoms with van der Waals surface area (Å²) in [6.07, 6.45) is 0.0536. The van der Waals surface area contributed by atoms with Gasteiger partial charge in [0.25, 0.3) is 0 Å². The molecular weight excluding hydrogens is 472 g/mol. The number of Topliss-reactive ketones (excluding diaryl/α,β-unsaturated/α-hetero) is 1. The van der Waals surface area contributed by atoms with E-state index < -0.39 is 23.7 Å². The lowest BCUT2D eigenvalue weighted by atomic mass is 10.1. The molecule has 0 amide bonds. The van der Waals surface area contributed by atoms with Gasteiger partial charge in [0, 0.05) is 12.5 Å². The van der Waals surface area contributed by atoms with Crippen LogP contribution in [0.2, 0.25) is 0 Å². The Morgan fingerprint density at radius 1 is 0.568 bits per heavy atom. The minimum Gasteiger partial charge on any atom is -0.423 e. The molecule has 0 saturated carbocycles. The van der Waals surface area contributed by atoms with Crippen molar-refractivity contribution in [1.82, 2.24) is 0 Å². The molecule has 0 bridgehead atoms. The summed E-state index contributed by atoms with van der Waals surface area (Å²) in [6, 6.07) is 27.1. The first-order valence-electron chi connectivity index (χ1n) is 11.5. The van der Waals surface area contributed by atoms with Crippen LogP contribution in [0, 0.1) is 0 Å². The van der Waals surface area contributed by atoms with E-state index in [1.807, 2.05) is 0 Å². The number of hydrogen-bond acceptors (Lipinski definition) is 7. The highest BCUT2D eigenvalue weighted by Gasteiger charge is 2.25. The summed E-state index contributed by atoms with van der Waals surface area (Å²) in [7, 11) is 0. The smallest absolute Gasteiger partial charge is 0.343 e. The van der Waals surface area contributed by atoms with E-state index in [9.17, 15) is 19.2 Å². The number of ketones is 1. The van der Waals surface area contributed by atoms with Gasteiger partial charge >= 0.3 is 17.9 Å². The van der Waals surface area contributed by atoms with E-state index in [0.717, 1.165) is 0 Å². The maximum Gasteiger partial charge on any atom is 0.343 e. The third kappa shape index (κ3) is 6.15. The molecule has 7 nitrogen and oxygen atoms in total. The van der Waals surface area contributed by atoms with E-state index in [1.54, 1.807) is 97.9 Å². The van der Waals surface area contributed by atoms with Crippen LogP contribution in [0.25, 0.3) is 0 Å². The van der Waals surface area contributed by atoms with E-state index in [2.05, 4.69) is 0 Å². The highest BCUT2D eigenvalue weighted by Crippen LogP contribution is 2.38. The van der Waals surface area contributed by atoms with Gasteiger partial charge in [-0.05, 0) is 42.5 Å². The number of benzene rings is 4. The minimum atomic E-state index is -0.753. The molecule has 0 spiro atoms. The number of esters is 3. The molecule has 0 radical (unpaired) electrons. The molecule has 0 aliphatic heterocycles. The summed E-state index contributed by atoms with van der Waals surface area (Å²) in [5.41, 5.74) is 0.685. The fraction of sp³-hybridized carbons (Fsp3) is 0.0667. The topological polar surface area (TPSA) is 96.0 Å². The molecule has 0 aromatic heterocycles. The fourth-order valence-electron chi connectivity index (χ4n) is 3.41. The summed E-state index contributed by atoms with van der Waals surface area (Å²) in [5, 5.41) is 0. The summed E-state index contributed by atoms with van der Waals surface area (Å²) in [4.78, 5) is 51.3. The van der Waals surface area contributed by atoms with Crippen molar-refractivity contribution in [3.63, 3.8) is 0 Å². The van der Waals surface area contributed by atoms with Crippen LogP contribution in [0.3, 0.4) is 0 Å². The first kappa shape index (κ1) is 25.1. The fourth-order valence-corrected chi connectivity index (χ4v) is 3.41. The molecule has 4 aromatic rings. The Balaban J connectivity index is 1.78. The van der Waals surface area contributed by atoms with Gasteiger partial charge in [0.2, 0.25) is 0 Å². The second-order valence-corrected chi connectivity index (χ2v) is 7.84. The van der Waals surface area contributed by atoms with Crippen LogP contribution in [0.1, 0.15) is 54.8 Å². The van der Waals surface area contributed by atoms with Crippen molar-refractivity contribution in [3.05, 3.63) is 125 Å². The molecule has 0 atom stereocenters. The summed E-state index contributed by atoms with van der Waals surface area (Å²) in [5.74, 6) is -3.13. The first-order valence-corrected chi connectivity index (χ1v) is 11.5. The molecule has 4 rings (SSSR count). The Hall–Kier alpha value is -5.04. The van der Waals surface area contributed by atoms with Crippen LogP contribution in [0.4, 0.5) is 0 Å². The molecule has 4 aromatic carbocycles. The second kappa shape index (κ2) is 11.6. The van der Waals surface area contributed by atoms with Gasteiger partial charge in [0.15, 0.2) is 17.3 Å². The lowest BCUT2D eigenvalue weighted by Crippen LogP contribution is -2.16. The zero-order chi connectivity index (χ0) is 26.2. The molecule has 0 saturated heterocycles. The molecule has 184 valence electrons. The van der Waals surface area contributed by atoms with Gasteiger partial charge in [-0.2, -0.15) is 0 Å². The van der Waals surface area contributed by atoms with Gasteiger partial charge in [0.05, 0.1) is 22.3 Å². The normalized spacial score (nSPS) is 10.3. The quantitative estimate of drug-likeness (QED) is 0.170. The molecule has 0 aliphatic rings. The number of ether oxygens (including phenoxy) is 3. The number of rotatable bonds is 8. The number of carbonyl (C=O) groups excluding carboxylic acids is 4. The Bertz CT molecular complexity index is 1430. The molecular formula is C30H22O7. The van der Waals surface area contributed by atoms with E-state index in [-0.39, 0.29) is 45.9 Å². The second-order valence-electron chi connectivity index (χ2n) is 7.84. The Morgan fingerprint density at radius 2 is 1.00 bits per heavy atom. The highest BCUT2D eigenvalue weighted by molar-refractivity contribution is 6.03. The van der Waals surface area contributed by atoms with E-state index >= 15 is 0 Å². The van der Waals surface area contributed by atoms with Crippen LogP contribution in [-0.2, 0) is 0 Å². The molecule has 0 N–H and O–H groups in total. The SMILES string of the molecule is CCC(=O)c1cc(OC(=O)c2ccccc2)cc(OC(=O)c2ccccc2)c1OC(=O)c1ccccc1. The zero-order valence-electron chi connectivity index (χ0n) is 19.9. The molecule has 0 unspecified atom stereocenters. The van der Waals surface area contributed by atoms with Crippen molar-refractivity contribution < 1.29 is 33.4 Å². The lowest BCUT2D eigenvalue weighted by Gasteiger charge is -2.16.